The van der Waals surface area contributed by atoms with Crippen molar-refractivity contribution >= 4 is 28.7 Å². The lowest BCUT2D eigenvalue weighted by atomic mass is 10.2. The largest absolute Gasteiger partial charge is 0.480 e. The number of likely N-dealkylation sites (tertiary alicyclic amines) is 1. The zero-order chi connectivity index (χ0) is 13.1. The molecule has 2 heterocycles. The lowest BCUT2D eigenvalue weighted by molar-refractivity contribution is -0.141. The molecule has 2 unspecified atom stereocenters. The molecule has 0 aromatic carbocycles. The standard InChI is InChI=1S/C8H11N5O4S/c1-17-4-2-5(6(14)15)13(3-4)8(16)9-7-10-11-12-18-7/h4-5H,2-3H2,1H3,(H,14,15)(H,9,10,12,16). The minimum Gasteiger partial charge on any atom is -0.480 e. The van der Waals surface area contributed by atoms with E-state index in [0.717, 1.165) is 11.5 Å². The maximum Gasteiger partial charge on any atom is 0.326 e. The van der Waals surface area contributed by atoms with E-state index in [1.165, 1.54) is 12.0 Å². The molecule has 0 radical (unpaired) electrons. The van der Waals surface area contributed by atoms with Crippen molar-refractivity contribution in [2.24, 2.45) is 0 Å². The Kier molecular flexibility index (Phi) is 3.67. The number of aromatic nitrogens is 3. The predicted molar refractivity (Wildman–Crippen MR) is 60.3 cm³/mol. The van der Waals surface area contributed by atoms with Gasteiger partial charge in [-0.25, -0.2) is 9.59 Å². The van der Waals surface area contributed by atoms with Crippen LogP contribution >= 0.6 is 11.5 Å². The van der Waals surface area contributed by atoms with Crippen molar-refractivity contribution < 1.29 is 19.4 Å². The third kappa shape index (κ3) is 2.54. The third-order valence-corrected chi connectivity index (χ3v) is 3.17. The third-order valence-electron chi connectivity index (χ3n) is 2.66. The van der Waals surface area contributed by atoms with E-state index < -0.39 is 18.0 Å². The van der Waals surface area contributed by atoms with Crippen LogP contribution in [0.25, 0.3) is 0 Å². The molecule has 1 aliphatic rings. The molecule has 2 atom stereocenters. The number of urea groups is 1. The fourth-order valence-corrected chi connectivity index (χ4v) is 2.13. The van der Waals surface area contributed by atoms with E-state index in [1.54, 1.807) is 0 Å². The van der Waals surface area contributed by atoms with Crippen LogP contribution in [0.1, 0.15) is 6.42 Å². The maximum atomic E-state index is 11.9. The zero-order valence-corrected chi connectivity index (χ0v) is 10.3. The lowest BCUT2D eigenvalue weighted by Gasteiger charge is -2.20. The number of nitrogens with one attached hydrogen (secondary N) is 1. The Morgan fingerprint density at radius 3 is 2.94 bits per heavy atom. The van der Waals surface area contributed by atoms with Crippen LogP contribution in [0.3, 0.4) is 0 Å². The first kappa shape index (κ1) is 12.6. The molecular weight excluding hydrogens is 262 g/mol. The molecule has 10 heteroatoms. The maximum absolute atomic E-state index is 11.9. The zero-order valence-electron chi connectivity index (χ0n) is 9.44. The Hall–Kier alpha value is -1.81. The minimum atomic E-state index is -1.06. The summed E-state index contributed by atoms with van der Waals surface area (Å²) in [5.41, 5.74) is 0. The van der Waals surface area contributed by atoms with E-state index in [0.29, 0.717) is 0 Å². The molecule has 0 spiro atoms. The van der Waals surface area contributed by atoms with Crippen molar-refractivity contribution in [3.8, 4) is 0 Å². The number of rotatable bonds is 3. The summed E-state index contributed by atoms with van der Waals surface area (Å²) in [7, 11) is 1.49. The van der Waals surface area contributed by atoms with Crippen molar-refractivity contribution in [1.29, 1.82) is 0 Å². The quantitative estimate of drug-likeness (QED) is 0.772. The molecule has 2 amide bonds. The van der Waals surface area contributed by atoms with E-state index in [2.05, 4.69) is 20.1 Å². The van der Waals surface area contributed by atoms with Gasteiger partial charge in [0.1, 0.15) is 6.04 Å². The molecule has 0 bridgehead atoms. The molecular formula is C8H11N5O4S. The number of carbonyl (C=O) groups excluding carboxylic acids is 1. The Morgan fingerprint density at radius 2 is 2.39 bits per heavy atom. The molecule has 0 aliphatic carbocycles. The molecule has 1 aromatic heterocycles. The Labute approximate surface area is 106 Å². The number of methoxy groups -OCH3 is 1. The second-order valence-corrected chi connectivity index (χ2v) is 4.43. The number of ether oxygens (including phenoxy) is 1. The summed E-state index contributed by atoms with van der Waals surface area (Å²) in [6.45, 7) is 0.228. The van der Waals surface area contributed by atoms with Gasteiger partial charge in [-0.1, -0.05) is 9.59 Å². The van der Waals surface area contributed by atoms with Crippen LogP contribution in [0.4, 0.5) is 9.93 Å². The molecule has 2 rings (SSSR count). The van der Waals surface area contributed by atoms with E-state index in [9.17, 15) is 9.59 Å². The summed E-state index contributed by atoms with van der Waals surface area (Å²) in [6.07, 6.45) is -0.00226. The molecule has 0 saturated carbocycles. The van der Waals surface area contributed by atoms with Gasteiger partial charge in [-0.3, -0.25) is 5.32 Å². The number of aliphatic carboxylic acids is 1. The average molecular weight is 273 g/mol. The highest BCUT2D eigenvalue weighted by atomic mass is 32.1. The molecule has 2 N–H and O–H groups in total. The Morgan fingerprint density at radius 1 is 1.61 bits per heavy atom. The number of carboxylic acids is 1. The number of carbonyl (C=O) groups is 2. The van der Waals surface area contributed by atoms with Gasteiger partial charge in [-0.05, 0) is 5.21 Å². The molecule has 1 aromatic rings. The number of carboxylic acid groups (broad SMARTS) is 1. The van der Waals surface area contributed by atoms with Crippen LogP contribution in [0.2, 0.25) is 0 Å². The molecule has 9 nitrogen and oxygen atoms in total. The van der Waals surface area contributed by atoms with Gasteiger partial charge in [-0.2, -0.15) is 0 Å². The lowest BCUT2D eigenvalue weighted by Crippen LogP contribution is -2.43. The normalized spacial score (nSPS) is 23.1. The summed E-state index contributed by atoms with van der Waals surface area (Å²) in [4.78, 5) is 24.2. The van der Waals surface area contributed by atoms with Gasteiger partial charge in [0.15, 0.2) is 0 Å². The Balaban J connectivity index is 2.05. The highest BCUT2D eigenvalue weighted by Crippen LogP contribution is 2.21. The fraction of sp³-hybridized carbons (Fsp3) is 0.625. The molecule has 18 heavy (non-hydrogen) atoms. The van der Waals surface area contributed by atoms with Gasteiger partial charge in [0.2, 0.25) is 5.13 Å². The van der Waals surface area contributed by atoms with Gasteiger partial charge in [0, 0.05) is 31.6 Å². The van der Waals surface area contributed by atoms with Crippen molar-refractivity contribution in [2.75, 3.05) is 19.0 Å². The summed E-state index contributed by atoms with van der Waals surface area (Å²) < 4.78 is 8.58. The van der Waals surface area contributed by atoms with Gasteiger partial charge in [0.25, 0.3) is 0 Å². The van der Waals surface area contributed by atoms with Gasteiger partial charge >= 0.3 is 12.0 Å². The number of amides is 2. The van der Waals surface area contributed by atoms with Crippen molar-refractivity contribution in [3.05, 3.63) is 0 Å². The van der Waals surface area contributed by atoms with Crippen molar-refractivity contribution in [2.45, 2.75) is 18.6 Å². The van der Waals surface area contributed by atoms with Crippen molar-refractivity contribution in [3.63, 3.8) is 0 Å². The van der Waals surface area contributed by atoms with Gasteiger partial charge in [-0.15, -0.1) is 0 Å². The number of hydrogen-bond acceptors (Lipinski definition) is 7. The second-order valence-electron chi connectivity index (χ2n) is 3.70. The first-order valence-electron chi connectivity index (χ1n) is 5.10. The van der Waals surface area contributed by atoms with Crippen LogP contribution in [-0.4, -0.2) is 62.6 Å². The van der Waals surface area contributed by atoms with Crippen LogP contribution in [0, 0.1) is 0 Å². The summed E-state index contributed by atoms with van der Waals surface area (Å²) >= 11 is 0.917. The highest BCUT2D eigenvalue weighted by Gasteiger charge is 2.40. The molecule has 1 fully saturated rings. The van der Waals surface area contributed by atoms with Crippen molar-refractivity contribution in [1.82, 2.24) is 19.7 Å². The van der Waals surface area contributed by atoms with E-state index in [-0.39, 0.29) is 24.2 Å². The van der Waals surface area contributed by atoms with Gasteiger partial charge in [0.05, 0.1) is 6.10 Å². The smallest absolute Gasteiger partial charge is 0.326 e. The average Bonchev–Trinajstić information content (AvgIpc) is 2.96. The number of hydrogen-bond donors (Lipinski definition) is 2. The molecule has 1 aliphatic heterocycles. The molecule has 98 valence electrons. The highest BCUT2D eigenvalue weighted by molar-refractivity contribution is 7.09. The topological polar surface area (TPSA) is 118 Å². The summed E-state index contributed by atoms with van der Waals surface area (Å²) in [5, 5.41) is 18.6. The number of nitrogens with zero attached hydrogens (tertiary/aromatic N) is 4. The van der Waals surface area contributed by atoms with Crippen LogP contribution in [0.15, 0.2) is 0 Å². The van der Waals surface area contributed by atoms with Crippen LogP contribution < -0.4 is 5.32 Å². The van der Waals surface area contributed by atoms with E-state index in [4.69, 9.17) is 9.84 Å². The first-order chi connectivity index (χ1) is 8.61. The molecule has 1 saturated heterocycles. The second kappa shape index (κ2) is 5.23. The Bertz CT molecular complexity index is 439. The first-order valence-corrected chi connectivity index (χ1v) is 5.87. The van der Waals surface area contributed by atoms with Crippen LogP contribution in [0.5, 0.6) is 0 Å². The monoisotopic (exact) mass is 273 g/mol. The van der Waals surface area contributed by atoms with E-state index in [1.807, 2.05) is 0 Å². The summed E-state index contributed by atoms with van der Waals surface area (Å²) in [5.74, 6) is -1.06. The fourth-order valence-electron chi connectivity index (χ4n) is 1.77. The predicted octanol–water partition coefficient (Wildman–Crippen LogP) is -0.361. The minimum absolute atomic E-state index is 0.227. The van der Waals surface area contributed by atoms with Gasteiger partial charge < -0.3 is 14.7 Å². The number of anilines is 1. The van der Waals surface area contributed by atoms with E-state index >= 15 is 0 Å². The SMILES string of the molecule is COC1CC(C(=O)O)N(C(=O)Nc2nnns2)C1. The van der Waals surface area contributed by atoms with Crippen LogP contribution in [-0.2, 0) is 9.53 Å². The summed E-state index contributed by atoms with van der Waals surface area (Å²) in [6, 6.07) is -1.43.